The lowest BCUT2D eigenvalue weighted by atomic mass is 10.0. The third kappa shape index (κ3) is 4.62. The molecule has 2 aliphatic carbocycles. The van der Waals surface area contributed by atoms with Gasteiger partial charge in [-0.05, 0) is 54.7 Å². The van der Waals surface area contributed by atoms with Gasteiger partial charge in [-0.15, -0.1) is 0 Å². The molecule has 31 heavy (non-hydrogen) atoms. The summed E-state index contributed by atoms with van der Waals surface area (Å²) in [7, 11) is 1.28. The fourth-order valence-electron chi connectivity index (χ4n) is 4.67. The number of ether oxygens (including phenoxy) is 1. The van der Waals surface area contributed by atoms with Crippen LogP contribution < -0.4 is 10.6 Å². The Morgan fingerprint density at radius 1 is 1.16 bits per heavy atom. The Kier molecular flexibility index (Phi) is 6.06. The van der Waals surface area contributed by atoms with E-state index in [0.29, 0.717) is 18.5 Å². The van der Waals surface area contributed by atoms with E-state index in [1.54, 1.807) is 6.07 Å². The summed E-state index contributed by atoms with van der Waals surface area (Å²) in [4.78, 5) is 48.5. The van der Waals surface area contributed by atoms with Crippen LogP contribution in [0.3, 0.4) is 0 Å². The molecule has 2 unspecified atom stereocenters. The average Bonchev–Trinajstić information content (AvgIpc) is 3.49. The highest BCUT2D eigenvalue weighted by molar-refractivity contribution is 6.05. The first-order valence-corrected chi connectivity index (χ1v) is 10.7. The summed E-state index contributed by atoms with van der Waals surface area (Å²) in [6.45, 7) is 0.580. The molecule has 0 spiro atoms. The molecule has 2 heterocycles. The van der Waals surface area contributed by atoms with Crippen molar-refractivity contribution >= 4 is 23.8 Å². The largest absolute Gasteiger partial charge is 0.453 e. The monoisotopic (exact) mass is 425 g/mol. The number of nitrogens with zero attached hydrogens (tertiary/aromatic N) is 1. The predicted octanol–water partition coefficient (Wildman–Crippen LogP) is 2.28. The Morgan fingerprint density at radius 3 is 2.48 bits per heavy atom. The van der Waals surface area contributed by atoms with Crippen LogP contribution in [0.4, 0.5) is 4.79 Å². The average molecular weight is 425 g/mol. The van der Waals surface area contributed by atoms with Gasteiger partial charge < -0.3 is 15.0 Å². The molecule has 1 saturated carbocycles. The maximum Gasteiger partial charge on any atom is 0.407 e. The molecule has 164 valence electrons. The fourth-order valence-corrected chi connectivity index (χ4v) is 4.67. The van der Waals surface area contributed by atoms with E-state index in [0.717, 1.165) is 23.0 Å². The van der Waals surface area contributed by atoms with Gasteiger partial charge in [-0.2, -0.15) is 0 Å². The van der Waals surface area contributed by atoms with Gasteiger partial charge in [-0.1, -0.05) is 24.3 Å². The second kappa shape index (κ2) is 8.91. The predicted molar refractivity (Wildman–Crippen MR) is 112 cm³/mol. The summed E-state index contributed by atoms with van der Waals surface area (Å²) in [5.74, 6) is 1.01. The first-order valence-electron chi connectivity index (χ1n) is 10.7. The molecule has 8 heteroatoms. The highest BCUT2D eigenvalue weighted by atomic mass is 16.5. The van der Waals surface area contributed by atoms with E-state index in [4.69, 9.17) is 0 Å². The standard InChI is InChI=1S/C16H17N3O5.C7H10/c1-24-16(23)17-7-9-2-3-10-8-19(15(22)11(10)6-9)12-4-5-13(20)18-14(12)21;1-2-7-4-3-6(1)5-7/h2-3,6,12H,4-5,7-8H2,1H3,(H,17,23)(H,18,20,21);1-2,6-7H,3-5H2/t;6-,7?/m.0/s1. The molecule has 4 amide bonds. The number of fused-ring (bicyclic) bond motifs is 3. The van der Waals surface area contributed by atoms with Gasteiger partial charge in [0.15, 0.2) is 0 Å². The van der Waals surface area contributed by atoms with Crippen LogP contribution in [-0.4, -0.2) is 41.9 Å². The molecular weight excluding hydrogens is 398 g/mol. The molecule has 2 aliphatic heterocycles. The van der Waals surface area contributed by atoms with Crippen molar-refractivity contribution in [1.29, 1.82) is 0 Å². The van der Waals surface area contributed by atoms with Crippen molar-refractivity contribution in [3.8, 4) is 0 Å². The second-order valence-corrected chi connectivity index (χ2v) is 8.45. The van der Waals surface area contributed by atoms with Crippen molar-refractivity contribution in [2.24, 2.45) is 11.8 Å². The van der Waals surface area contributed by atoms with Crippen LogP contribution in [0.5, 0.6) is 0 Å². The Labute approximate surface area is 181 Å². The maximum atomic E-state index is 12.6. The van der Waals surface area contributed by atoms with Gasteiger partial charge in [-0.25, -0.2) is 4.79 Å². The van der Waals surface area contributed by atoms with Gasteiger partial charge >= 0.3 is 6.09 Å². The number of nitrogens with one attached hydrogen (secondary N) is 2. The topological polar surface area (TPSA) is 105 Å². The van der Waals surface area contributed by atoms with Crippen molar-refractivity contribution in [2.75, 3.05) is 7.11 Å². The molecule has 2 fully saturated rings. The number of carbonyl (C=O) groups excluding carboxylic acids is 4. The van der Waals surface area contributed by atoms with Crippen molar-refractivity contribution < 1.29 is 23.9 Å². The molecule has 0 radical (unpaired) electrons. The summed E-state index contributed by atoms with van der Waals surface area (Å²) in [5.41, 5.74) is 2.10. The molecule has 3 atom stereocenters. The van der Waals surface area contributed by atoms with Gasteiger partial charge in [0.2, 0.25) is 11.8 Å². The van der Waals surface area contributed by atoms with Gasteiger partial charge in [0, 0.05) is 25.1 Å². The van der Waals surface area contributed by atoms with E-state index in [1.165, 1.54) is 31.3 Å². The molecule has 1 saturated heterocycles. The third-order valence-corrected chi connectivity index (χ3v) is 6.38. The molecule has 4 aliphatic rings. The quantitative estimate of drug-likeness (QED) is 0.571. The van der Waals surface area contributed by atoms with Crippen LogP contribution >= 0.6 is 0 Å². The lowest BCUT2D eigenvalue weighted by molar-refractivity contribution is -0.136. The smallest absolute Gasteiger partial charge is 0.407 e. The number of hydrogen-bond acceptors (Lipinski definition) is 5. The van der Waals surface area contributed by atoms with Crippen LogP contribution in [0.1, 0.15) is 53.6 Å². The molecule has 2 bridgehead atoms. The summed E-state index contributed by atoms with van der Waals surface area (Å²) >= 11 is 0. The summed E-state index contributed by atoms with van der Waals surface area (Å²) in [5, 5.41) is 4.82. The number of methoxy groups -OCH3 is 1. The first kappa shape index (κ1) is 21.1. The number of benzene rings is 1. The lowest BCUT2D eigenvalue weighted by Gasteiger charge is -2.29. The van der Waals surface area contributed by atoms with Crippen LogP contribution in [-0.2, 0) is 27.4 Å². The van der Waals surface area contributed by atoms with Crippen LogP contribution in [0.2, 0.25) is 0 Å². The number of piperidine rings is 1. The van der Waals surface area contributed by atoms with E-state index in [-0.39, 0.29) is 24.8 Å². The number of amides is 4. The molecule has 1 aromatic carbocycles. The number of allylic oxidation sites excluding steroid dienone is 2. The molecule has 8 nitrogen and oxygen atoms in total. The Bertz CT molecular complexity index is 929. The highest BCUT2D eigenvalue weighted by Gasteiger charge is 2.39. The lowest BCUT2D eigenvalue weighted by Crippen LogP contribution is -2.52. The normalized spacial score (nSPS) is 25.6. The Morgan fingerprint density at radius 2 is 1.90 bits per heavy atom. The number of hydrogen-bond donors (Lipinski definition) is 2. The SMILES string of the molecule is C1=C[C@H]2CCC1C2.COC(=O)NCc1ccc2c(c1)C(=O)N(C1CCC(=O)NC1=O)C2. The Hall–Kier alpha value is -3.16. The fraction of sp³-hybridized carbons (Fsp3) is 0.478. The van der Waals surface area contributed by atoms with Gasteiger partial charge in [0.25, 0.3) is 5.91 Å². The van der Waals surface area contributed by atoms with Crippen LogP contribution in [0.25, 0.3) is 0 Å². The molecule has 0 aromatic heterocycles. The zero-order valence-electron chi connectivity index (χ0n) is 17.6. The van der Waals surface area contributed by atoms with E-state index in [2.05, 4.69) is 27.5 Å². The molecule has 5 rings (SSSR count). The summed E-state index contributed by atoms with van der Waals surface area (Å²) < 4.78 is 4.51. The van der Waals surface area contributed by atoms with Crippen molar-refractivity contribution in [3.05, 3.63) is 47.0 Å². The molecular formula is C23H27N3O5. The minimum Gasteiger partial charge on any atom is -0.453 e. The number of imide groups is 1. The highest BCUT2D eigenvalue weighted by Crippen LogP contribution is 2.38. The summed E-state index contributed by atoms with van der Waals surface area (Å²) in [6, 6.07) is 4.71. The summed E-state index contributed by atoms with van der Waals surface area (Å²) in [6.07, 6.45) is 9.20. The van der Waals surface area contributed by atoms with E-state index < -0.39 is 18.0 Å². The van der Waals surface area contributed by atoms with E-state index in [1.807, 2.05) is 12.1 Å². The van der Waals surface area contributed by atoms with Crippen molar-refractivity contribution in [2.45, 2.75) is 51.2 Å². The van der Waals surface area contributed by atoms with Crippen molar-refractivity contribution in [1.82, 2.24) is 15.5 Å². The van der Waals surface area contributed by atoms with Crippen LogP contribution in [0, 0.1) is 11.8 Å². The number of alkyl carbamates (subject to hydrolysis) is 1. The first-order chi connectivity index (χ1) is 14.9. The number of carbonyl (C=O) groups is 4. The zero-order chi connectivity index (χ0) is 22.0. The minimum absolute atomic E-state index is 0.227. The van der Waals surface area contributed by atoms with E-state index >= 15 is 0 Å². The second-order valence-electron chi connectivity index (χ2n) is 8.45. The van der Waals surface area contributed by atoms with Crippen LogP contribution in [0.15, 0.2) is 30.4 Å². The molecule has 1 aromatic rings. The number of rotatable bonds is 3. The van der Waals surface area contributed by atoms with Crippen molar-refractivity contribution in [3.63, 3.8) is 0 Å². The maximum absolute atomic E-state index is 12.6. The van der Waals surface area contributed by atoms with Gasteiger partial charge in [-0.3, -0.25) is 19.7 Å². The van der Waals surface area contributed by atoms with Gasteiger partial charge in [0.1, 0.15) is 6.04 Å². The van der Waals surface area contributed by atoms with Gasteiger partial charge in [0.05, 0.1) is 7.11 Å². The zero-order valence-corrected chi connectivity index (χ0v) is 17.6. The third-order valence-electron chi connectivity index (χ3n) is 6.38. The minimum atomic E-state index is -0.626. The van der Waals surface area contributed by atoms with E-state index in [9.17, 15) is 19.2 Å². The molecule has 2 N–H and O–H groups in total. The Balaban J connectivity index is 0.000000275.